The molecule has 108 valence electrons. The molecule has 2 aliphatic rings. The van der Waals surface area contributed by atoms with E-state index in [4.69, 9.17) is 4.74 Å². The highest BCUT2D eigenvalue weighted by molar-refractivity contribution is 6.21. The Bertz CT molecular complexity index is 656. The summed E-state index contributed by atoms with van der Waals surface area (Å²) in [5.41, 5.74) is -0.0653. The van der Waals surface area contributed by atoms with Crippen molar-refractivity contribution < 1.29 is 19.1 Å². The van der Waals surface area contributed by atoms with Gasteiger partial charge in [0.25, 0.3) is 11.8 Å². The fourth-order valence-corrected chi connectivity index (χ4v) is 2.91. The number of fused-ring (bicyclic) bond motifs is 1. The number of hydrogen-bond acceptors (Lipinski definition) is 4. The van der Waals surface area contributed by atoms with Crippen molar-refractivity contribution in [2.24, 2.45) is 0 Å². The van der Waals surface area contributed by atoms with Gasteiger partial charge in [0.15, 0.2) is 5.78 Å². The SMILES string of the molecule is CC1=CC(=O)CC(C)(CN2C(=O)c3ccccc3C2=O)O1. The first-order valence-corrected chi connectivity index (χ1v) is 6.75. The molecule has 1 atom stereocenters. The van der Waals surface area contributed by atoms with E-state index in [1.165, 1.54) is 6.08 Å². The Kier molecular flexibility index (Phi) is 2.93. The lowest BCUT2D eigenvalue weighted by Crippen LogP contribution is -2.47. The van der Waals surface area contributed by atoms with E-state index in [0.717, 1.165) is 4.90 Å². The zero-order chi connectivity index (χ0) is 15.2. The lowest BCUT2D eigenvalue weighted by atomic mass is 9.95. The van der Waals surface area contributed by atoms with Gasteiger partial charge in [0.05, 0.1) is 29.9 Å². The van der Waals surface area contributed by atoms with E-state index >= 15 is 0 Å². The van der Waals surface area contributed by atoms with E-state index in [1.54, 1.807) is 38.1 Å². The van der Waals surface area contributed by atoms with E-state index in [2.05, 4.69) is 0 Å². The largest absolute Gasteiger partial charge is 0.490 e. The third-order valence-electron chi connectivity index (χ3n) is 3.69. The van der Waals surface area contributed by atoms with Crippen molar-refractivity contribution in [3.63, 3.8) is 0 Å². The molecule has 0 bridgehead atoms. The van der Waals surface area contributed by atoms with Crippen LogP contribution in [0.5, 0.6) is 0 Å². The molecule has 0 fully saturated rings. The van der Waals surface area contributed by atoms with Crippen LogP contribution in [-0.2, 0) is 9.53 Å². The molecule has 3 rings (SSSR count). The fourth-order valence-electron chi connectivity index (χ4n) is 2.91. The van der Waals surface area contributed by atoms with Crippen molar-refractivity contribution in [1.29, 1.82) is 0 Å². The Morgan fingerprint density at radius 3 is 2.24 bits per heavy atom. The highest BCUT2D eigenvalue weighted by Gasteiger charge is 2.42. The molecule has 2 amide bonds. The third kappa shape index (κ3) is 2.24. The van der Waals surface area contributed by atoms with Crippen molar-refractivity contribution in [3.8, 4) is 0 Å². The zero-order valence-electron chi connectivity index (χ0n) is 11.9. The molecular formula is C16H15NO4. The minimum absolute atomic E-state index is 0.0575. The average Bonchev–Trinajstić information content (AvgIpc) is 2.63. The Morgan fingerprint density at radius 1 is 1.14 bits per heavy atom. The third-order valence-corrected chi connectivity index (χ3v) is 3.69. The Labute approximate surface area is 122 Å². The smallest absolute Gasteiger partial charge is 0.261 e. The molecule has 21 heavy (non-hydrogen) atoms. The van der Waals surface area contributed by atoms with Crippen LogP contribution in [0.15, 0.2) is 36.1 Å². The van der Waals surface area contributed by atoms with Crippen LogP contribution in [0.4, 0.5) is 0 Å². The standard InChI is InChI=1S/C16H15NO4/c1-10-7-11(18)8-16(2,21-10)9-17-14(19)12-5-3-4-6-13(12)15(17)20/h3-7H,8-9H2,1-2H3. The molecule has 2 aliphatic heterocycles. The summed E-state index contributed by atoms with van der Waals surface area (Å²) in [7, 11) is 0. The summed E-state index contributed by atoms with van der Waals surface area (Å²) < 4.78 is 5.70. The number of imide groups is 1. The Morgan fingerprint density at radius 2 is 1.71 bits per heavy atom. The van der Waals surface area contributed by atoms with Gasteiger partial charge in [-0.05, 0) is 26.0 Å². The molecule has 0 aromatic heterocycles. The second-order valence-electron chi connectivity index (χ2n) is 5.69. The maximum atomic E-state index is 12.3. The second kappa shape index (κ2) is 4.55. The van der Waals surface area contributed by atoms with E-state index in [-0.39, 0.29) is 30.6 Å². The molecule has 5 nitrogen and oxygen atoms in total. The minimum Gasteiger partial charge on any atom is -0.490 e. The number of nitrogens with zero attached hydrogens (tertiary/aromatic N) is 1. The predicted molar refractivity (Wildman–Crippen MR) is 74.7 cm³/mol. The fraction of sp³-hybridized carbons (Fsp3) is 0.312. The summed E-state index contributed by atoms with van der Waals surface area (Å²) in [5, 5.41) is 0. The van der Waals surface area contributed by atoms with Crippen molar-refractivity contribution in [2.45, 2.75) is 25.9 Å². The Hall–Kier alpha value is -2.43. The van der Waals surface area contributed by atoms with Crippen LogP contribution >= 0.6 is 0 Å². The van der Waals surface area contributed by atoms with E-state index in [0.29, 0.717) is 16.9 Å². The summed E-state index contributed by atoms with van der Waals surface area (Å²) >= 11 is 0. The van der Waals surface area contributed by atoms with Gasteiger partial charge in [-0.15, -0.1) is 0 Å². The number of amides is 2. The van der Waals surface area contributed by atoms with E-state index in [9.17, 15) is 14.4 Å². The second-order valence-corrected chi connectivity index (χ2v) is 5.69. The molecule has 0 saturated carbocycles. The van der Waals surface area contributed by atoms with Crippen LogP contribution in [0.2, 0.25) is 0 Å². The maximum Gasteiger partial charge on any atom is 0.261 e. The van der Waals surface area contributed by atoms with Crippen molar-refractivity contribution in [3.05, 3.63) is 47.2 Å². The summed E-state index contributed by atoms with van der Waals surface area (Å²) in [4.78, 5) is 37.5. The normalized spacial score (nSPS) is 24.8. The average molecular weight is 285 g/mol. The van der Waals surface area contributed by atoms with E-state index in [1.807, 2.05) is 0 Å². The first-order valence-electron chi connectivity index (χ1n) is 6.75. The molecule has 5 heteroatoms. The highest BCUT2D eigenvalue weighted by atomic mass is 16.5. The summed E-state index contributed by atoms with van der Waals surface area (Å²) in [6.45, 7) is 3.50. The van der Waals surface area contributed by atoms with Gasteiger partial charge < -0.3 is 4.74 Å². The summed E-state index contributed by atoms with van der Waals surface area (Å²) in [6, 6.07) is 6.72. The monoisotopic (exact) mass is 285 g/mol. The van der Waals surface area contributed by atoms with Gasteiger partial charge in [0.1, 0.15) is 5.60 Å². The van der Waals surface area contributed by atoms with Crippen LogP contribution in [0, 0.1) is 0 Å². The van der Waals surface area contributed by atoms with Crippen LogP contribution in [0.3, 0.4) is 0 Å². The zero-order valence-corrected chi connectivity index (χ0v) is 11.9. The van der Waals surface area contributed by atoms with Gasteiger partial charge in [-0.2, -0.15) is 0 Å². The van der Waals surface area contributed by atoms with Gasteiger partial charge in [0.2, 0.25) is 0 Å². The lowest BCUT2D eigenvalue weighted by molar-refractivity contribution is -0.123. The topological polar surface area (TPSA) is 63.7 Å². The molecule has 0 spiro atoms. The Balaban J connectivity index is 1.87. The molecule has 2 heterocycles. The number of carbonyl (C=O) groups excluding carboxylic acids is 3. The highest BCUT2D eigenvalue weighted by Crippen LogP contribution is 2.30. The number of benzene rings is 1. The summed E-state index contributed by atoms with van der Waals surface area (Å²) in [5.74, 6) is -0.219. The van der Waals surface area contributed by atoms with Crippen LogP contribution < -0.4 is 0 Å². The molecule has 1 unspecified atom stereocenters. The van der Waals surface area contributed by atoms with Crippen LogP contribution in [0.25, 0.3) is 0 Å². The van der Waals surface area contributed by atoms with Gasteiger partial charge in [-0.1, -0.05) is 12.1 Å². The number of rotatable bonds is 2. The van der Waals surface area contributed by atoms with Gasteiger partial charge >= 0.3 is 0 Å². The first-order chi connectivity index (χ1) is 9.89. The van der Waals surface area contributed by atoms with Crippen molar-refractivity contribution in [2.75, 3.05) is 6.54 Å². The molecular weight excluding hydrogens is 270 g/mol. The quantitative estimate of drug-likeness (QED) is 0.779. The number of ketones is 1. The molecule has 0 N–H and O–H groups in total. The van der Waals surface area contributed by atoms with Crippen molar-refractivity contribution >= 4 is 17.6 Å². The van der Waals surface area contributed by atoms with Crippen LogP contribution in [0.1, 0.15) is 41.0 Å². The van der Waals surface area contributed by atoms with Crippen molar-refractivity contribution in [1.82, 2.24) is 4.90 Å². The molecule has 1 aromatic carbocycles. The number of ether oxygens (including phenoxy) is 1. The number of hydrogen-bond donors (Lipinski definition) is 0. The van der Waals surface area contributed by atoms with E-state index < -0.39 is 5.60 Å². The maximum absolute atomic E-state index is 12.3. The first kappa shape index (κ1) is 13.5. The van der Waals surface area contributed by atoms with Gasteiger partial charge in [-0.3, -0.25) is 19.3 Å². The lowest BCUT2D eigenvalue weighted by Gasteiger charge is -2.35. The predicted octanol–water partition coefficient (Wildman–Crippen LogP) is 1.93. The molecule has 1 aromatic rings. The molecule has 0 radical (unpaired) electrons. The minimum atomic E-state index is -0.872. The van der Waals surface area contributed by atoms with Gasteiger partial charge in [-0.25, -0.2) is 0 Å². The van der Waals surface area contributed by atoms with Gasteiger partial charge in [0, 0.05) is 6.08 Å². The number of allylic oxidation sites excluding steroid dienone is 2. The summed E-state index contributed by atoms with van der Waals surface area (Å²) in [6.07, 6.45) is 1.59. The molecule has 0 aliphatic carbocycles. The molecule has 0 saturated heterocycles. The number of carbonyl (C=O) groups is 3. The van der Waals surface area contributed by atoms with Crippen LogP contribution in [-0.4, -0.2) is 34.6 Å².